The minimum atomic E-state index is -0.104. The molecular weight excluding hydrogens is 314 g/mol. The fraction of sp³-hybridized carbons (Fsp3) is 0.500. The van der Waals surface area contributed by atoms with Gasteiger partial charge in [0.25, 0.3) is 5.91 Å². The Labute approximate surface area is 149 Å². The van der Waals surface area contributed by atoms with E-state index in [1.165, 1.54) is 32.4 Å². The second-order valence-electron chi connectivity index (χ2n) is 6.86. The molecule has 2 saturated heterocycles. The van der Waals surface area contributed by atoms with Gasteiger partial charge in [0.05, 0.1) is 0 Å². The quantitative estimate of drug-likeness (QED) is 0.854. The summed E-state index contributed by atoms with van der Waals surface area (Å²) in [6.07, 6.45) is 8.35. The van der Waals surface area contributed by atoms with Gasteiger partial charge in [0, 0.05) is 37.8 Å². The van der Waals surface area contributed by atoms with Gasteiger partial charge in [-0.2, -0.15) is 0 Å². The van der Waals surface area contributed by atoms with Crippen LogP contribution in [0, 0.1) is 0 Å². The third kappa shape index (κ3) is 4.48. The van der Waals surface area contributed by atoms with Gasteiger partial charge in [-0.1, -0.05) is 12.1 Å². The molecule has 2 amide bonds. The van der Waals surface area contributed by atoms with Gasteiger partial charge in [-0.15, -0.1) is 0 Å². The lowest BCUT2D eigenvalue weighted by Gasteiger charge is -2.37. The summed E-state index contributed by atoms with van der Waals surface area (Å²) < 4.78 is 0. The van der Waals surface area contributed by atoms with Crippen molar-refractivity contribution in [2.45, 2.75) is 31.7 Å². The number of nitrogens with one attached hydrogen (secondary N) is 1. The molecule has 1 aromatic rings. The highest BCUT2D eigenvalue weighted by Gasteiger charge is 2.28. The Kier molecular flexibility index (Phi) is 5.87. The number of benzene rings is 1. The fourth-order valence-electron chi connectivity index (χ4n) is 3.72. The number of carbonyl (C=O) groups is 2. The number of amides is 2. The Balaban J connectivity index is 1.57. The van der Waals surface area contributed by atoms with Crippen molar-refractivity contribution in [3.8, 4) is 0 Å². The topological polar surface area (TPSA) is 52.7 Å². The molecule has 0 aliphatic carbocycles. The van der Waals surface area contributed by atoms with E-state index < -0.39 is 0 Å². The molecule has 2 aliphatic rings. The zero-order valence-electron chi connectivity index (χ0n) is 14.9. The van der Waals surface area contributed by atoms with E-state index in [0.29, 0.717) is 11.6 Å². The van der Waals surface area contributed by atoms with Crippen LogP contribution in [0.2, 0.25) is 0 Å². The molecule has 25 heavy (non-hydrogen) atoms. The summed E-state index contributed by atoms with van der Waals surface area (Å²) in [5.74, 6) is -0.0212. The van der Waals surface area contributed by atoms with Crippen molar-refractivity contribution in [3.05, 3.63) is 41.5 Å². The molecule has 2 heterocycles. The summed E-state index contributed by atoms with van der Waals surface area (Å²) in [6, 6.07) is 7.79. The summed E-state index contributed by atoms with van der Waals surface area (Å²) in [5, 5.41) is 2.60. The average molecular weight is 341 g/mol. The van der Waals surface area contributed by atoms with Crippen molar-refractivity contribution < 1.29 is 9.59 Å². The van der Waals surface area contributed by atoms with Crippen molar-refractivity contribution in [2.24, 2.45) is 0 Å². The third-order valence-corrected chi connectivity index (χ3v) is 5.18. The Morgan fingerprint density at radius 3 is 2.48 bits per heavy atom. The van der Waals surface area contributed by atoms with Gasteiger partial charge in [0.15, 0.2) is 0 Å². The van der Waals surface area contributed by atoms with E-state index in [0.717, 1.165) is 25.1 Å². The Hall–Kier alpha value is -2.14. The van der Waals surface area contributed by atoms with E-state index in [-0.39, 0.29) is 11.8 Å². The first-order valence-corrected chi connectivity index (χ1v) is 9.20. The predicted molar refractivity (Wildman–Crippen MR) is 99.3 cm³/mol. The van der Waals surface area contributed by atoms with Crippen LogP contribution in [0.3, 0.4) is 0 Å². The number of carbonyl (C=O) groups excluding carboxylic acids is 2. The highest BCUT2D eigenvalue weighted by atomic mass is 16.2. The third-order valence-electron chi connectivity index (χ3n) is 5.18. The molecule has 0 radical (unpaired) electrons. The summed E-state index contributed by atoms with van der Waals surface area (Å²) >= 11 is 0. The second-order valence-corrected chi connectivity index (χ2v) is 6.86. The van der Waals surface area contributed by atoms with E-state index >= 15 is 0 Å². The molecule has 0 bridgehead atoms. The van der Waals surface area contributed by atoms with E-state index in [4.69, 9.17) is 0 Å². The largest absolute Gasteiger partial charge is 0.355 e. The van der Waals surface area contributed by atoms with Gasteiger partial charge >= 0.3 is 0 Å². The molecule has 0 spiro atoms. The standard InChI is InChI=1S/C20H27N3O2/c1-21-20(25)17-9-6-16(7-10-17)8-11-19(24)23-14-4-5-18(15-23)22-12-2-3-13-22/h6-11,18H,2-5,12-15H2,1H3,(H,21,25). The lowest BCUT2D eigenvalue weighted by molar-refractivity contribution is -0.127. The molecule has 2 fully saturated rings. The maximum atomic E-state index is 12.5. The highest BCUT2D eigenvalue weighted by molar-refractivity contribution is 5.94. The summed E-state index contributed by atoms with van der Waals surface area (Å²) in [6.45, 7) is 4.06. The van der Waals surface area contributed by atoms with Crippen molar-refractivity contribution in [2.75, 3.05) is 33.2 Å². The number of hydrogen-bond donors (Lipinski definition) is 1. The first-order valence-electron chi connectivity index (χ1n) is 9.20. The molecule has 1 N–H and O–H groups in total. The molecular formula is C20H27N3O2. The van der Waals surface area contributed by atoms with Crippen LogP contribution in [0.25, 0.3) is 6.08 Å². The van der Waals surface area contributed by atoms with Gasteiger partial charge in [-0.3, -0.25) is 14.5 Å². The van der Waals surface area contributed by atoms with Crippen LogP contribution < -0.4 is 5.32 Å². The van der Waals surface area contributed by atoms with Crippen LogP contribution in [-0.4, -0.2) is 60.9 Å². The smallest absolute Gasteiger partial charge is 0.251 e. The van der Waals surface area contributed by atoms with Crippen LogP contribution in [0.1, 0.15) is 41.6 Å². The zero-order valence-corrected chi connectivity index (χ0v) is 14.9. The lowest BCUT2D eigenvalue weighted by Crippen LogP contribution is -2.48. The van der Waals surface area contributed by atoms with Crippen molar-refractivity contribution in [1.29, 1.82) is 0 Å². The minimum absolute atomic E-state index is 0.0827. The van der Waals surface area contributed by atoms with Crippen LogP contribution in [0.15, 0.2) is 30.3 Å². The summed E-state index contributed by atoms with van der Waals surface area (Å²) in [5.41, 5.74) is 1.55. The zero-order chi connectivity index (χ0) is 17.6. The maximum Gasteiger partial charge on any atom is 0.251 e. The average Bonchev–Trinajstić information content (AvgIpc) is 3.21. The number of rotatable bonds is 4. The van der Waals surface area contributed by atoms with Crippen LogP contribution in [0.5, 0.6) is 0 Å². The molecule has 0 saturated carbocycles. The van der Waals surface area contributed by atoms with E-state index in [1.54, 1.807) is 25.3 Å². The highest BCUT2D eigenvalue weighted by Crippen LogP contribution is 2.20. The molecule has 3 rings (SSSR count). The fourth-order valence-corrected chi connectivity index (χ4v) is 3.72. The Morgan fingerprint density at radius 2 is 1.80 bits per heavy atom. The molecule has 5 nitrogen and oxygen atoms in total. The van der Waals surface area contributed by atoms with E-state index in [2.05, 4.69) is 10.2 Å². The number of likely N-dealkylation sites (tertiary alicyclic amines) is 2. The molecule has 2 aliphatic heterocycles. The monoisotopic (exact) mass is 341 g/mol. The van der Waals surface area contributed by atoms with Crippen molar-refractivity contribution in [3.63, 3.8) is 0 Å². The number of piperidine rings is 1. The number of nitrogens with zero attached hydrogens (tertiary/aromatic N) is 2. The lowest BCUT2D eigenvalue weighted by atomic mass is 10.0. The first-order chi connectivity index (χ1) is 12.2. The summed E-state index contributed by atoms with van der Waals surface area (Å²) in [7, 11) is 1.61. The molecule has 1 atom stereocenters. The molecule has 1 aromatic carbocycles. The predicted octanol–water partition coefficient (Wildman–Crippen LogP) is 2.15. The van der Waals surface area contributed by atoms with Crippen LogP contribution in [0.4, 0.5) is 0 Å². The van der Waals surface area contributed by atoms with Gasteiger partial charge in [-0.25, -0.2) is 0 Å². The van der Waals surface area contributed by atoms with Crippen molar-refractivity contribution in [1.82, 2.24) is 15.1 Å². The molecule has 134 valence electrons. The normalized spacial score (nSPS) is 21.6. The van der Waals surface area contributed by atoms with Gasteiger partial charge in [0.1, 0.15) is 0 Å². The first kappa shape index (κ1) is 17.7. The van der Waals surface area contributed by atoms with E-state index in [9.17, 15) is 9.59 Å². The molecule has 5 heteroatoms. The second kappa shape index (κ2) is 8.30. The van der Waals surface area contributed by atoms with E-state index in [1.807, 2.05) is 23.1 Å². The van der Waals surface area contributed by atoms with Gasteiger partial charge < -0.3 is 10.2 Å². The molecule has 0 aromatic heterocycles. The number of hydrogen-bond acceptors (Lipinski definition) is 3. The van der Waals surface area contributed by atoms with Crippen LogP contribution in [-0.2, 0) is 4.79 Å². The van der Waals surface area contributed by atoms with Crippen LogP contribution >= 0.6 is 0 Å². The minimum Gasteiger partial charge on any atom is -0.355 e. The Bertz CT molecular complexity index is 633. The maximum absolute atomic E-state index is 12.5. The van der Waals surface area contributed by atoms with Gasteiger partial charge in [-0.05, 0) is 62.5 Å². The molecule has 1 unspecified atom stereocenters. The van der Waals surface area contributed by atoms with Gasteiger partial charge in [0.2, 0.25) is 5.91 Å². The Morgan fingerprint density at radius 1 is 1.08 bits per heavy atom. The van der Waals surface area contributed by atoms with Crippen molar-refractivity contribution >= 4 is 17.9 Å². The SMILES string of the molecule is CNC(=O)c1ccc(C=CC(=O)N2CCCC(N3CCCC3)C2)cc1. The summed E-state index contributed by atoms with van der Waals surface area (Å²) in [4.78, 5) is 28.6.